The number of hydrogen-bond donors (Lipinski definition) is 0. The summed E-state index contributed by atoms with van der Waals surface area (Å²) in [7, 11) is 0. The molecule has 0 bridgehead atoms. The molecule has 0 aromatic carbocycles. The molecule has 35 heavy (non-hydrogen) atoms. The number of aromatic nitrogens is 5. The standard InChI is InChI=1S/C21H16F5N7O2/c1-12(17-30-11-32(31-17)16-3-2-13(8-29-16)35-19(22)23)33(20(10-27)5-6-20)18(34)14-4-7-28-9-15(14)21(24,25)26/h2-4,7-9,11-12,19H,5-6H2,1H3. The van der Waals surface area contributed by atoms with E-state index >= 15 is 0 Å². The number of rotatable bonds is 7. The van der Waals surface area contributed by atoms with Crippen LogP contribution < -0.4 is 4.74 Å². The van der Waals surface area contributed by atoms with E-state index in [1.807, 2.05) is 6.07 Å². The first kappa shape index (κ1) is 24.0. The molecule has 3 aromatic heterocycles. The minimum absolute atomic E-state index is 0.0391. The summed E-state index contributed by atoms with van der Waals surface area (Å²) in [6.45, 7) is -1.52. The van der Waals surface area contributed by atoms with E-state index in [1.54, 1.807) is 0 Å². The van der Waals surface area contributed by atoms with Gasteiger partial charge < -0.3 is 9.64 Å². The number of pyridine rings is 2. The third kappa shape index (κ3) is 4.75. The molecule has 1 amide bonds. The van der Waals surface area contributed by atoms with Crippen LogP contribution in [-0.2, 0) is 6.18 Å². The Bertz CT molecular complexity index is 1270. The Hall–Kier alpha value is -4.15. The van der Waals surface area contributed by atoms with E-state index in [0.717, 1.165) is 23.4 Å². The lowest BCUT2D eigenvalue weighted by atomic mass is 10.0. The second-order valence-corrected chi connectivity index (χ2v) is 7.69. The number of hydrogen-bond acceptors (Lipinski definition) is 7. The van der Waals surface area contributed by atoms with Crippen LogP contribution >= 0.6 is 0 Å². The fourth-order valence-corrected chi connectivity index (χ4v) is 3.58. The molecule has 182 valence electrons. The van der Waals surface area contributed by atoms with Gasteiger partial charge in [-0.2, -0.15) is 27.2 Å². The van der Waals surface area contributed by atoms with Crippen LogP contribution in [0.3, 0.4) is 0 Å². The highest BCUT2D eigenvalue weighted by Gasteiger charge is 2.54. The molecular formula is C21H16F5N7O2. The Morgan fingerprint density at radius 2 is 1.97 bits per heavy atom. The Kier molecular flexibility index (Phi) is 6.10. The second-order valence-electron chi connectivity index (χ2n) is 7.69. The van der Waals surface area contributed by atoms with E-state index in [1.165, 1.54) is 30.1 Å². The van der Waals surface area contributed by atoms with Gasteiger partial charge in [0, 0.05) is 12.4 Å². The number of ether oxygens (including phenoxy) is 1. The quantitative estimate of drug-likeness (QED) is 0.459. The van der Waals surface area contributed by atoms with E-state index in [9.17, 15) is 32.0 Å². The number of nitrogens with zero attached hydrogens (tertiary/aromatic N) is 7. The molecule has 1 aliphatic rings. The summed E-state index contributed by atoms with van der Waals surface area (Å²) in [6.07, 6.45) is -0.356. The summed E-state index contributed by atoms with van der Waals surface area (Å²) in [5, 5.41) is 14.0. The minimum atomic E-state index is -4.83. The Balaban J connectivity index is 1.66. The zero-order valence-corrected chi connectivity index (χ0v) is 17.9. The van der Waals surface area contributed by atoms with Crippen LogP contribution in [0.15, 0.2) is 43.1 Å². The molecule has 0 saturated heterocycles. The van der Waals surface area contributed by atoms with Crippen molar-refractivity contribution in [3.05, 3.63) is 60.1 Å². The van der Waals surface area contributed by atoms with Gasteiger partial charge in [0.2, 0.25) is 0 Å². The van der Waals surface area contributed by atoms with Crippen molar-refractivity contribution in [3.8, 4) is 17.6 Å². The summed E-state index contributed by atoms with van der Waals surface area (Å²) < 4.78 is 70.6. The highest BCUT2D eigenvalue weighted by Crippen LogP contribution is 2.46. The molecule has 1 aliphatic carbocycles. The van der Waals surface area contributed by atoms with Crippen molar-refractivity contribution < 1.29 is 31.5 Å². The van der Waals surface area contributed by atoms with Crippen molar-refractivity contribution in [2.45, 2.75) is 44.1 Å². The molecule has 14 heteroatoms. The average Bonchev–Trinajstić information content (AvgIpc) is 3.44. The van der Waals surface area contributed by atoms with E-state index in [4.69, 9.17) is 0 Å². The third-order valence-electron chi connectivity index (χ3n) is 5.42. The molecule has 3 aromatic rings. The van der Waals surface area contributed by atoms with E-state index in [-0.39, 0.29) is 30.2 Å². The van der Waals surface area contributed by atoms with Gasteiger partial charge in [-0.05, 0) is 38.0 Å². The molecule has 0 radical (unpaired) electrons. The largest absolute Gasteiger partial charge is 0.433 e. The number of alkyl halides is 5. The van der Waals surface area contributed by atoms with Crippen LogP contribution in [0.5, 0.6) is 5.75 Å². The number of halogens is 5. The molecule has 1 fully saturated rings. The predicted octanol–water partition coefficient (Wildman–Crippen LogP) is 3.94. The molecular weight excluding hydrogens is 477 g/mol. The Labute approximate surface area is 194 Å². The normalized spacial score (nSPS) is 15.4. The van der Waals surface area contributed by atoms with Crippen molar-refractivity contribution in [2.75, 3.05) is 0 Å². The first-order chi connectivity index (χ1) is 16.6. The predicted molar refractivity (Wildman–Crippen MR) is 107 cm³/mol. The lowest BCUT2D eigenvalue weighted by molar-refractivity contribution is -0.138. The topological polar surface area (TPSA) is 110 Å². The number of carbonyl (C=O) groups is 1. The summed E-state index contributed by atoms with van der Waals surface area (Å²) in [6, 6.07) is 4.59. The smallest absolute Gasteiger partial charge is 0.418 e. The fraction of sp³-hybridized carbons (Fsp3) is 0.333. The van der Waals surface area contributed by atoms with Crippen molar-refractivity contribution in [1.82, 2.24) is 29.6 Å². The van der Waals surface area contributed by atoms with Crippen molar-refractivity contribution in [1.29, 1.82) is 5.26 Å². The third-order valence-corrected chi connectivity index (χ3v) is 5.42. The maximum absolute atomic E-state index is 13.5. The number of amides is 1. The van der Waals surface area contributed by atoms with Gasteiger partial charge in [0.25, 0.3) is 5.91 Å². The van der Waals surface area contributed by atoms with Gasteiger partial charge >= 0.3 is 12.8 Å². The minimum Gasteiger partial charge on any atom is -0.433 e. The molecule has 1 atom stereocenters. The highest BCUT2D eigenvalue weighted by atomic mass is 19.4. The highest BCUT2D eigenvalue weighted by molar-refractivity contribution is 5.97. The van der Waals surface area contributed by atoms with Gasteiger partial charge in [-0.1, -0.05) is 0 Å². The van der Waals surface area contributed by atoms with Crippen LogP contribution in [0.4, 0.5) is 22.0 Å². The number of carbonyl (C=O) groups excluding carboxylic acids is 1. The first-order valence-electron chi connectivity index (χ1n) is 10.1. The van der Waals surface area contributed by atoms with Crippen molar-refractivity contribution in [2.24, 2.45) is 0 Å². The summed E-state index contributed by atoms with van der Waals surface area (Å²) in [4.78, 5) is 26.0. The molecule has 1 unspecified atom stereocenters. The maximum atomic E-state index is 13.5. The van der Waals surface area contributed by atoms with Crippen molar-refractivity contribution >= 4 is 5.91 Å². The van der Waals surface area contributed by atoms with Gasteiger partial charge in [0.15, 0.2) is 11.6 Å². The van der Waals surface area contributed by atoms with Crippen LogP contribution in [-0.4, -0.2) is 47.7 Å². The Morgan fingerprint density at radius 3 is 2.54 bits per heavy atom. The Morgan fingerprint density at radius 1 is 1.23 bits per heavy atom. The van der Waals surface area contributed by atoms with Gasteiger partial charge in [-0.3, -0.25) is 9.78 Å². The molecule has 0 aliphatic heterocycles. The fourth-order valence-electron chi connectivity index (χ4n) is 3.58. The zero-order valence-electron chi connectivity index (χ0n) is 17.9. The zero-order chi connectivity index (χ0) is 25.4. The van der Waals surface area contributed by atoms with E-state index in [0.29, 0.717) is 6.20 Å². The number of nitriles is 1. The molecule has 0 N–H and O–H groups in total. The van der Waals surface area contributed by atoms with Crippen LogP contribution in [0.25, 0.3) is 5.82 Å². The second kappa shape index (κ2) is 8.90. The van der Waals surface area contributed by atoms with Crippen LogP contribution in [0.1, 0.15) is 47.6 Å². The molecule has 4 rings (SSSR count). The van der Waals surface area contributed by atoms with Crippen LogP contribution in [0.2, 0.25) is 0 Å². The van der Waals surface area contributed by atoms with Crippen molar-refractivity contribution in [3.63, 3.8) is 0 Å². The SMILES string of the molecule is CC(c1ncn(-c2ccc(OC(F)F)cn2)n1)N(C(=O)c1ccncc1C(F)(F)F)C1(C#N)CC1. The van der Waals surface area contributed by atoms with Gasteiger partial charge in [0.1, 0.15) is 17.6 Å². The van der Waals surface area contributed by atoms with Gasteiger partial charge in [0.05, 0.1) is 29.4 Å². The van der Waals surface area contributed by atoms with E-state index in [2.05, 4.69) is 24.8 Å². The lowest BCUT2D eigenvalue weighted by Crippen LogP contribution is -2.44. The average molecular weight is 493 g/mol. The molecule has 0 spiro atoms. The summed E-state index contributed by atoms with van der Waals surface area (Å²) >= 11 is 0. The van der Waals surface area contributed by atoms with Gasteiger partial charge in [-0.15, -0.1) is 5.10 Å². The lowest BCUT2D eigenvalue weighted by Gasteiger charge is -2.32. The molecule has 9 nitrogen and oxygen atoms in total. The summed E-state index contributed by atoms with van der Waals surface area (Å²) in [5.74, 6) is -0.950. The maximum Gasteiger partial charge on any atom is 0.418 e. The van der Waals surface area contributed by atoms with Crippen LogP contribution in [0, 0.1) is 11.3 Å². The van der Waals surface area contributed by atoms with E-state index < -0.39 is 41.4 Å². The summed E-state index contributed by atoms with van der Waals surface area (Å²) in [5.41, 5.74) is -3.16. The monoisotopic (exact) mass is 493 g/mol. The van der Waals surface area contributed by atoms with Gasteiger partial charge in [-0.25, -0.2) is 14.6 Å². The molecule has 3 heterocycles. The molecule has 1 saturated carbocycles. The first-order valence-corrected chi connectivity index (χ1v) is 10.1.